The predicted molar refractivity (Wildman–Crippen MR) is 55.2 cm³/mol. The molecular formula is C10H15N3O. The van der Waals surface area contributed by atoms with Gasteiger partial charge in [0.15, 0.2) is 0 Å². The van der Waals surface area contributed by atoms with Gasteiger partial charge >= 0.3 is 0 Å². The summed E-state index contributed by atoms with van der Waals surface area (Å²) in [4.78, 5) is 12.7. The highest BCUT2D eigenvalue weighted by Crippen LogP contribution is 2.16. The zero-order valence-electron chi connectivity index (χ0n) is 8.98. The number of nitrogens with zero attached hydrogens (tertiary/aromatic N) is 3. The highest BCUT2D eigenvalue weighted by Gasteiger charge is 2.08. The lowest BCUT2D eigenvalue weighted by Gasteiger charge is -2.15. The quantitative estimate of drug-likeness (QED) is 0.716. The molecule has 1 aromatic heterocycles. The molecule has 14 heavy (non-hydrogen) atoms. The fourth-order valence-electron chi connectivity index (χ4n) is 1.02. The minimum absolute atomic E-state index is 0.00675. The van der Waals surface area contributed by atoms with E-state index in [9.17, 15) is 4.79 Å². The van der Waals surface area contributed by atoms with Gasteiger partial charge in [0.25, 0.3) is 0 Å². The van der Waals surface area contributed by atoms with Crippen LogP contribution in [-0.2, 0) is 4.79 Å². The Kier molecular flexibility index (Phi) is 3.17. The minimum Gasteiger partial charge on any atom is -0.314 e. The summed E-state index contributed by atoms with van der Waals surface area (Å²) in [6.45, 7) is 5.61. The lowest BCUT2D eigenvalue weighted by atomic mass is 10.1. The Morgan fingerprint density at radius 1 is 1.50 bits per heavy atom. The molecule has 1 heterocycles. The first-order valence-corrected chi connectivity index (χ1v) is 4.59. The van der Waals surface area contributed by atoms with Crippen LogP contribution < -0.4 is 4.90 Å². The molecule has 1 rings (SSSR count). The van der Waals surface area contributed by atoms with Crippen LogP contribution in [0.2, 0.25) is 0 Å². The summed E-state index contributed by atoms with van der Waals surface area (Å²) in [5.74, 6) is 0.315. The average Bonchev–Trinajstić information content (AvgIpc) is 2.16. The van der Waals surface area contributed by atoms with E-state index in [-0.39, 0.29) is 5.91 Å². The Labute approximate surface area is 84.0 Å². The second kappa shape index (κ2) is 4.17. The summed E-state index contributed by atoms with van der Waals surface area (Å²) >= 11 is 0. The lowest BCUT2D eigenvalue weighted by molar-refractivity contribution is -0.116. The topological polar surface area (TPSA) is 46.1 Å². The van der Waals surface area contributed by atoms with Gasteiger partial charge in [0.05, 0.1) is 17.6 Å². The van der Waals surface area contributed by atoms with Crippen molar-refractivity contribution in [1.82, 2.24) is 10.2 Å². The summed E-state index contributed by atoms with van der Waals surface area (Å²) in [5.41, 5.74) is 1.69. The molecule has 76 valence electrons. The molecular weight excluding hydrogens is 178 g/mol. The summed E-state index contributed by atoms with van der Waals surface area (Å²) in [6.07, 6.45) is 1.59. The molecule has 0 N–H and O–H groups in total. The number of anilines is 1. The van der Waals surface area contributed by atoms with Crippen molar-refractivity contribution in [2.45, 2.75) is 26.7 Å². The third-order valence-electron chi connectivity index (χ3n) is 2.11. The fraction of sp³-hybridized carbons (Fsp3) is 0.500. The first kappa shape index (κ1) is 10.6. The summed E-state index contributed by atoms with van der Waals surface area (Å²) in [7, 11) is 1.73. The van der Waals surface area contributed by atoms with Gasteiger partial charge in [0, 0.05) is 14.0 Å². The minimum atomic E-state index is -0.00675. The number of aromatic nitrogens is 2. The van der Waals surface area contributed by atoms with Crippen molar-refractivity contribution >= 4 is 11.6 Å². The molecule has 0 bridgehead atoms. The average molecular weight is 193 g/mol. The molecule has 0 spiro atoms. The molecule has 0 aliphatic heterocycles. The zero-order valence-corrected chi connectivity index (χ0v) is 8.98. The van der Waals surface area contributed by atoms with Crippen molar-refractivity contribution < 1.29 is 4.79 Å². The summed E-state index contributed by atoms with van der Waals surface area (Å²) in [6, 6.07) is 1.89. The molecule has 1 aromatic rings. The van der Waals surface area contributed by atoms with Crippen molar-refractivity contribution in [3.63, 3.8) is 0 Å². The standard InChI is InChI=1S/C10H15N3O/c1-7(2)10-5-9(6-11-12-10)13(4)8(3)14/h5-7H,1-4H3. The van der Waals surface area contributed by atoms with Crippen molar-refractivity contribution in [3.05, 3.63) is 18.0 Å². The van der Waals surface area contributed by atoms with Crippen molar-refractivity contribution in [1.29, 1.82) is 0 Å². The molecule has 0 aliphatic carbocycles. The maximum Gasteiger partial charge on any atom is 0.223 e. The van der Waals surface area contributed by atoms with Crippen molar-refractivity contribution in [2.24, 2.45) is 0 Å². The number of hydrogen-bond acceptors (Lipinski definition) is 3. The largest absolute Gasteiger partial charge is 0.314 e. The van der Waals surface area contributed by atoms with E-state index in [1.54, 1.807) is 18.1 Å². The molecule has 0 saturated carbocycles. The third kappa shape index (κ3) is 2.28. The van der Waals surface area contributed by atoms with E-state index < -0.39 is 0 Å². The predicted octanol–water partition coefficient (Wildman–Crippen LogP) is 1.58. The van der Waals surface area contributed by atoms with Gasteiger partial charge in [-0.1, -0.05) is 13.8 Å². The molecule has 4 heteroatoms. The van der Waals surface area contributed by atoms with Crippen LogP contribution in [0.25, 0.3) is 0 Å². The lowest BCUT2D eigenvalue weighted by Crippen LogP contribution is -2.23. The second-order valence-corrected chi connectivity index (χ2v) is 3.57. The molecule has 0 aromatic carbocycles. The Hall–Kier alpha value is -1.45. The van der Waals surface area contributed by atoms with E-state index in [0.29, 0.717) is 5.92 Å². The normalized spacial score (nSPS) is 10.4. The van der Waals surface area contributed by atoms with Gasteiger partial charge in [-0.15, -0.1) is 0 Å². The van der Waals surface area contributed by atoms with Crippen LogP contribution in [-0.4, -0.2) is 23.2 Å². The summed E-state index contributed by atoms with van der Waals surface area (Å²) < 4.78 is 0. The van der Waals surface area contributed by atoms with Gasteiger partial charge in [0.2, 0.25) is 5.91 Å². The SMILES string of the molecule is CC(=O)N(C)c1cnnc(C(C)C)c1. The van der Waals surface area contributed by atoms with E-state index in [1.807, 2.05) is 19.9 Å². The van der Waals surface area contributed by atoms with Gasteiger partial charge in [-0.2, -0.15) is 10.2 Å². The Morgan fingerprint density at radius 2 is 2.14 bits per heavy atom. The number of hydrogen-bond donors (Lipinski definition) is 0. The number of amides is 1. The van der Waals surface area contributed by atoms with Crippen LogP contribution in [0.15, 0.2) is 12.3 Å². The van der Waals surface area contributed by atoms with Crippen LogP contribution in [0, 0.1) is 0 Å². The Balaban J connectivity index is 2.99. The molecule has 1 amide bonds. The molecule has 0 atom stereocenters. The highest BCUT2D eigenvalue weighted by molar-refractivity contribution is 5.90. The van der Waals surface area contributed by atoms with Gasteiger partial charge in [-0.25, -0.2) is 0 Å². The van der Waals surface area contributed by atoms with Crippen LogP contribution in [0.1, 0.15) is 32.4 Å². The Bertz CT molecular complexity index is 336. The van der Waals surface area contributed by atoms with Gasteiger partial charge in [-0.05, 0) is 12.0 Å². The first-order chi connectivity index (χ1) is 6.52. The molecule has 0 fully saturated rings. The van der Waals surface area contributed by atoms with Gasteiger partial charge in [0.1, 0.15) is 0 Å². The van der Waals surface area contributed by atoms with Gasteiger partial charge in [-0.3, -0.25) is 4.79 Å². The number of carbonyl (C=O) groups excluding carboxylic acids is 1. The second-order valence-electron chi connectivity index (χ2n) is 3.57. The van der Waals surface area contributed by atoms with Crippen LogP contribution in [0.5, 0.6) is 0 Å². The zero-order chi connectivity index (χ0) is 10.7. The monoisotopic (exact) mass is 193 g/mol. The van der Waals surface area contributed by atoms with Crippen molar-refractivity contribution in [2.75, 3.05) is 11.9 Å². The van der Waals surface area contributed by atoms with Crippen molar-refractivity contribution in [3.8, 4) is 0 Å². The van der Waals surface area contributed by atoms with E-state index in [2.05, 4.69) is 10.2 Å². The highest BCUT2D eigenvalue weighted by atomic mass is 16.2. The van der Waals surface area contributed by atoms with Gasteiger partial charge < -0.3 is 4.90 Å². The fourth-order valence-corrected chi connectivity index (χ4v) is 1.02. The maximum atomic E-state index is 11.1. The summed E-state index contributed by atoms with van der Waals surface area (Å²) in [5, 5.41) is 7.86. The number of rotatable bonds is 2. The van der Waals surface area contributed by atoms with E-state index in [1.165, 1.54) is 6.92 Å². The molecule has 0 saturated heterocycles. The smallest absolute Gasteiger partial charge is 0.223 e. The van der Waals surface area contributed by atoms with Crippen LogP contribution >= 0.6 is 0 Å². The van der Waals surface area contributed by atoms with E-state index in [0.717, 1.165) is 11.4 Å². The molecule has 4 nitrogen and oxygen atoms in total. The first-order valence-electron chi connectivity index (χ1n) is 4.59. The van der Waals surface area contributed by atoms with E-state index >= 15 is 0 Å². The maximum absolute atomic E-state index is 11.1. The molecule has 0 radical (unpaired) electrons. The van der Waals surface area contributed by atoms with Crippen LogP contribution in [0.3, 0.4) is 0 Å². The Morgan fingerprint density at radius 3 is 2.64 bits per heavy atom. The molecule has 0 unspecified atom stereocenters. The van der Waals surface area contributed by atoms with Crippen LogP contribution in [0.4, 0.5) is 5.69 Å². The molecule has 0 aliphatic rings. The third-order valence-corrected chi connectivity index (χ3v) is 2.11. The number of carbonyl (C=O) groups is 1. The van der Waals surface area contributed by atoms with E-state index in [4.69, 9.17) is 0 Å².